The molecule has 1 aliphatic rings. The first-order chi connectivity index (χ1) is 9.85. The first-order valence-electron chi connectivity index (χ1n) is 6.91. The molecule has 3 nitrogen and oxygen atoms in total. The van der Waals surface area contributed by atoms with Crippen molar-refractivity contribution in [2.75, 3.05) is 6.54 Å². The third-order valence-electron chi connectivity index (χ3n) is 3.98. The van der Waals surface area contributed by atoms with Gasteiger partial charge in [-0.05, 0) is 11.1 Å². The standard InChI is InChI=1S/C17H18N2O/c20-19-16-11-12-18-17(13-16,14-7-3-1-4-8-14)15-9-5-2-6-10-15/h1-10,18,20H,11-13H2/b19-16+. The zero-order valence-corrected chi connectivity index (χ0v) is 11.3. The molecule has 0 unspecified atom stereocenters. The molecule has 0 aromatic heterocycles. The Kier molecular flexibility index (Phi) is 3.52. The predicted molar refractivity (Wildman–Crippen MR) is 80.1 cm³/mol. The molecule has 1 aliphatic heterocycles. The van der Waals surface area contributed by atoms with Gasteiger partial charge in [-0.1, -0.05) is 65.8 Å². The van der Waals surface area contributed by atoms with Gasteiger partial charge in [0, 0.05) is 19.4 Å². The molecule has 2 aromatic rings. The van der Waals surface area contributed by atoms with Gasteiger partial charge in [0.2, 0.25) is 0 Å². The Bertz CT molecular complexity index is 553. The SMILES string of the molecule is O/N=C1\CCNC(c2ccccc2)(c2ccccc2)C1. The van der Waals surface area contributed by atoms with Crippen molar-refractivity contribution in [1.82, 2.24) is 5.32 Å². The van der Waals surface area contributed by atoms with Crippen LogP contribution in [-0.4, -0.2) is 17.5 Å². The van der Waals surface area contributed by atoms with E-state index in [4.69, 9.17) is 0 Å². The van der Waals surface area contributed by atoms with Gasteiger partial charge >= 0.3 is 0 Å². The molecule has 0 saturated carbocycles. The number of hydrogen-bond donors (Lipinski definition) is 2. The lowest BCUT2D eigenvalue weighted by Crippen LogP contribution is -2.49. The maximum absolute atomic E-state index is 9.18. The van der Waals surface area contributed by atoms with Gasteiger partial charge in [-0.2, -0.15) is 0 Å². The molecular formula is C17H18N2O. The zero-order chi connectivity index (χ0) is 13.8. The molecule has 0 spiro atoms. The van der Waals surface area contributed by atoms with Gasteiger partial charge < -0.3 is 10.5 Å². The van der Waals surface area contributed by atoms with E-state index in [0.29, 0.717) is 6.42 Å². The lowest BCUT2D eigenvalue weighted by atomic mass is 9.76. The normalized spacial score (nSPS) is 19.9. The van der Waals surface area contributed by atoms with Crippen LogP contribution >= 0.6 is 0 Å². The number of hydrogen-bond acceptors (Lipinski definition) is 3. The summed E-state index contributed by atoms with van der Waals surface area (Å²) in [7, 11) is 0. The molecule has 102 valence electrons. The monoisotopic (exact) mass is 266 g/mol. The van der Waals surface area contributed by atoms with E-state index in [1.165, 1.54) is 11.1 Å². The molecule has 1 saturated heterocycles. The van der Waals surface area contributed by atoms with Crippen LogP contribution in [0.1, 0.15) is 24.0 Å². The Hall–Kier alpha value is -2.13. The summed E-state index contributed by atoms with van der Waals surface area (Å²) in [6.07, 6.45) is 1.48. The summed E-state index contributed by atoms with van der Waals surface area (Å²) in [5, 5.41) is 16.3. The van der Waals surface area contributed by atoms with Crippen LogP contribution in [0.15, 0.2) is 65.8 Å². The van der Waals surface area contributed by atoms with Crippen LogP contribution in [0.4, 0.5) is 0 Å². The Morgan fingerprint density at radius 1 is 0.900 bits per heavy atom. The molecule has 2 N–H and O–H groups in total. The number of nitrogens with zero attached hydrogens (tertiary/aromatic N) is 1. The summed E-state index contributed by atoms with van der Waals surface area (Å²) < 4.78 is 0. The average Bonchev–Trinajstić information content (AvgIpc) is 2.56. The number of nitrogens with one attached hydrogen (secondary N) is 1. The van der Waals surface area contributed by atoms with Gasteiger partial charge in [-0.25, -0.2) is 0 Å². The Morgan fingerprint density at radius 3 is 1.95 bits per heavy atom. The fraction of sp³-hybridized carbons (Fsp3) is 0.235. The van der Waals surface area contributed by atoms with E-state index >= 15 is 0 Å². The van der Waals surface area contributed by atoms with Crippen molar-refractivity contribution in [2.24, 2.45) is 5.16 Å². The average molecular weight is 266 g/mol. The van der Waals surface area contributed by atoms with Gasteiger partial charge in [0.05, 0.1) is 11.3 Å². The maximum Gasteiger partial charge on any atom is 0.0744 e. The van der Waals surface area contributed by atoms with Crippen molar-refractivity contribution in [2.45, 2.75) is 18.4 Å². The second-order valence-electron chi connectivity index (χ2n) is 5.16. The highest BCUT2D eigenvalue weighted by Crippen LogP contribution is 2.35. The summed E-state index contributed by atoms with van der Waals surface area (Å²) >= 11 is 0. The van der Waals surface area contributed by atoms with E-state index in [2.05, 4.69) is 34.7 Å². The van der Waals surface area contributed by atoms with Crippen LogP contribution in [0.25, 0.3) is 0 Å². The van der Waals surface area contributed by atoms with Crippen molar-refractivity contribution in [3.63, 3.8) is 0 Å². The van der Waals surface area contributed by atoms with Crippen LogP contribution in [0.2, 0.25) is 0 Å². The largest absolute Gasteiger partial charge is 0.411 e. The fourth-order valence-electron chi connectivity index (χ4n) is 2.98. The fourth-order valence-corrected chi connectivity index (χ4v) is 2.98. The van der Waals surface area contributed by atoms with Crippen molar-refractivity contribution >= 4 is 5.71 Å². The van der Waals surface area contributed by atoms with Gasteiger partial charge in [-0.3, -0.25) is 0 Å². The quantitative estimate of drug-likeness (QED) is 0.648. The smallest absolute Gasteiger partial charge is 0.0744 e. The summed E-state index contributed by atoms with van der Waals surface area (Å²) in [6, 6.07) is 20.7. The molecule has 0 radical (unpaired) electrons. The van der Waals surface area contributed by atoms with Crippen molar-refractivity contribution in [3.05, 3.63) is 71.8 Å². The van der Waals surface area contributed by atoms with Crippen molar-refractivity contribution in [1.29, 1.82) is 0 Å². The minimum Gasteiger partial charge on any atom is -0.411 e. The summed E-state index contributed by atoms with van der Waals surface area (Å²) in [4.78, 5) is 0. The van der Waals surface area contributed by atoms with Crippen LogP contribution < -0.4 is 5.32 Å². The van der Waals surface area contributed by atoms with Crippen LogP contribution in [0.5, 0.6) is 0 Å². The Morgan fingerprint density at radius 2 is 1.45 bits per heavy atom. The molecule has 20 heavy (non-hydrogen) atoms. The van der Waals surface area contributed by atoms with Gasteiger partial charge in [0.15, 0.2) is 0 Å². The van der Waals surface area contributed by atoms with Gasteiger partial charge in [0.1, 0.15) is 0 Å². The molecule has 3 heteroatoms. The highest BCUT2D eigenvalue weighted by Gasteiger charge is 2.37. The Labute approximate surface area is 119 Å². The number of benzene rings is 2. The van der Waals surface area contributed by atoms with E-state index in [1.54, 1.807) is 0 Å². The first kappa shape index (κ1) is 12.9. The predicted octanol–water partition coefficient (Wildman–Crippen LogP) is 3.14. The van der Waals surface area contributed by atoms with Gasteiger partial charge in [0.25, 0.3) is 0 Å². The van der Waals surface area contributed by atoms with E-state index in [1.807, 2.05) is 36.4 Å². The summed E-state index contributed by atoms with van der Waals surface area (Å²) in [5.74, 6) is 0. The lowest BCUT2D eigenvalue weighted by Gasteiger charge is -2.39. The third kappa shape index (κ3) is 2.21. The highest BCUT2D eigenvalue weighted by atomic mass is 16.4. The van der Waals surface area contributed by atoms with Crippen molar-refractivity contribution < 1.29 is 5.21 Å². The van der Waals surface area contributed by atoms with E-state index < -0.39 is 0 Å². The first-order valence-corrected chi connectivity index (χ1v) is 6.91. The van der Waals surface area contributed by atoms with Crippen LogP contribution in [-0.2, 0) is 5.54 Å². The molecule has 2 aromatic carbocycles. The summed E-state index contributed by atoms with van der Waals surface area (Å²) in [6.45, 7) is 0.809. The summed E-state index contributed by atoms with van der Waals surface area (Å²) in [5.41, 5.74) is 2.94. The van der Waals surface area contributed by atoms with Crippen LogP contribution in [0.3, 0.4) is 0 Å². The molecule has 0 amide bonds. The molecule has 0 aliphatic carbocycles. The van der Waals surface area contributed by atoms with E-state index in [9.17, 15) is 5.21 Å². The maximum atomic E-state index is 9.18. The Balaban J connectivity index is 2.13. The topological polar surface area (TPSA) is 44.6 Å². The number of piperidine rings is 1. The van der Waals surface area contributed by atoms with E-state index in [-0.39, 0.29) is 5.54 Å². The second kappa shape index (κ2) is 5.47. The molecule has 0 bridgehead atoms. The van der Waals surface area contributed by atoms with E-state index in [0.717, 1.165) is 18.7 Å². The highest BCUT2D eigenvalue weighted by molar-refractivity contribution is 5.87. The van der Waals surface area contributed by atoms with Gasteiger partial charge in [-0.15, -0.1) is 0 Å². The molecule has 3 rings (SSSR count). The molecule has 0 atom stereocenters. The second-order valence-corrected chi connectivity index (χ2v) is 5.16. The molecule has 1 heterocycles. The number of oxime groups is 1. The minimum atomic E-state index is -0.303. The molecular weight excluding hydrogens is 248 g/mol. The van der Waals surface area contributed by atoms with Crippen molar-refractivity contribution in [3.8, 4) is 0 Å². The third-order valence-corrected chi connectivity index (χ3v) is 3.98. The van der Waals surface area contributed by atoms with Crippen LogP contribution in [0, 0.1) is 0 Å². The minimum absolute atomic E-state index is 0.303. The molecule has 1 fully saturated rings. The lowest BCUT2D eigenvalue weighted by molar-refractivity contribution is 0.305. The number of rotatable bonds is 2. The zero-order valence-electron chi connectivity index (χ0n) is 11.3.